The Balaban J connectivity index is 4.59. The molecule has 7 nitrogen and oxygen atoms in total. The van der Waals surface area contributed by atoms with E-state index in [4.69, 9.17) is 10.8 Å². The Morgan fingerprint density at radius 2 is 1.79 bits per heavy atom. The monoisotopic (exact) mass is 291 g/mol. The van der Waals surface area contributed by atoms with Gasteiger partial charge in [0.05, 0.1) is 6.54 Å². The van der Waals surface area contributed by atoms with Crippen LogP contribution < -0.4 is 16.4 Å². The van der Waals surface area contributed by atoms with E-state index in [1.54, 1.807) is 0 Å². The summed E-state index contributed by atoms with van der Waals surface area (Å²) in [6, 6.07) is -1.88. The highest BCUT2D eigenvalue weighted by Gasteiger charge is 2.25. The Morgan fingerprint density at radius 1 is 1.21 bits per heavy atom. The number of amides is 2. The molecule has 5 N–H and O–H groups in total. The van der Waals surface area contributed by atoms with Gasteiger partial charge < -0.3 is 21.5 Å². The Morgan fingerprint density at radius 3 is 2.16 bits per heavy atom. The van der Waals surface area contributed by atoms with Gasteiger partial charge in [-0.15, -0.1) is 0 Å². The molecule has 0 rings (SSSR count). The van der Waals surface area contributed by atoms with Crippen LogP contribution >= 0.6 is 12.6 Å². The van der Waals surface area contributed by atoms with Gasteiger partial charge in [0.25, 0.3) is 0 Å². The highest BCUT2D eigenvalue weighted by molar-refractivity contribution is 7.80. The minimum absolute atomic E-state index is 0.0611. The fourth-order valence-corrected chi connectivity index (χ4v) is 1.67. The van der Waals surface area contributed by atoms with E-state index in [2.05, 4.69) is 23.3 Å². The topological polar surface area (TPSA) is 122 Å². The molecule has 110 valence electrons. The Kier molecular flexibility index (Phi) is 8.17. The molecule has 0 aliphatic carbocycles. The molecule has 0 bridgehead atoms. The molecular formula is C11H21N3O4S. The first-order chi connectivity index (χ1) is 8.81. The van der Waals surface area contributed by atoms with E-state index in [0.717, 1.165) is 0 Å². The number of carbonyl (C=O) groups excluding carboxylic acids is 2. The molecule has 0 spiro atoms. The number of carboxylic acid groups (broad SMARTS) is 1. The Hall–Kier alpha value is -1.28. The van der Waals surface area contributed by atoms with Gasteiger partial charge in [0.1, 0.15) is 12.1 Å². The molecule has 0 fully saturated rings. The fourth-order valence-electron chi connectivity index (χ4n) is 1.41. The number of carbonyl (C=O) groups is 3. The van der Waals surface area contributed by atoms with Crippen molar-refractivity contribution >= 4 is 30.4 Å². The summed E-state index contributed by atoms with van der Waals surface area (Å²) in [4.78, 5) is 34.0. The van der Waals surface area contributed by atoms with Gasteiger partial charge in [0.2, 0.25) is 11.8 Å². The van der Waals surface area contributed by atoms with Crippen molar-refractivity contribution in [1.29, 1.82) is 0 Å². The van der Waals surface area contributed by atoms with Crippen LogP contribution in [0, 0.1) is 5.92 Å². The normalized spacial score (nSPS) is 13.7. The lowest BCUT2D eigenvalue weighted by Crippen LogP contribution is -2.53. The van der Waals surface area contributed by atoms with Gasteiger partial charge in [-0.3, -0.25) is 9.59 Å². The quantitative estimate of drug-likeness (QED) is 0.366. The highest BCUT2D eigenvalue weighted by Crippen LogP contribution is 2.05. The summed E-state index contributed by atoms with van der Waals surface area (Å²) >= 11 is 3.95. The molecule has 0 aromatic carbocycles. The molecule has 2 amide bonds. The van der Waals surface area contributed by atoms with E-state index >= 15 is 0 Å². The number of rotatable bonds is 8. The van der Waals surface area contributed by atoms with Crippen molar-refractivity contribution in [2.75, 3.05) is 12.3 Å². The smallest absolute Gasteiger partial charge is 0.326 e. The van der Waals surface area contributed by atoms with Crippen LogP contribution in [0.25, 0.3) is 0 Å². The zero-order valence-corrected chi connectivity index (χ0v) is 11.9. The third kappa shape index (κ3) is 7.02. The van der Waals surface area contributed by atoms with Crippen LogP contribution in [0.1, 0.15) is 20.3 Å². The van der Waals surface area contributed by atoms with Crippen molar-refractivity contribution in [2.24, 2.45) is 11.7 Å². The van der Waals surface area contributed by atoms with E-state index in [-0.39, 0.29) is 18.2 Å². The van der Waals surface area contributed by atoms with E-state index in [0.29, 0.717) is 6.42 Å². The van der Waals surface area contributed by atoms with Crippen LogP contribution in [0.5, 0.6) is 0 Å². The summed E-state index contributed by atoms with van der Waals surface area (Å²) in [6.45, 7) is 3.47. The molecule has 0 saturated carbocycles. The molecule has 0 aliphatic rings. The number of carboxylic acids is 1. The summed E-state index contributed by atoms with van der Waals surface area (Å²) in [5, 5.41) is 13.8. The SMILES string of the molecule is CC(C)C[C@H](NC(=O)[C@H](CS)NC(=O)CN)C(=O)O. The maximum Gasteiger partial charge on any atom is 0.326 e. The summed E-state index contributed by atoms with van der Waals surface area (Å²) in [7, 11) is 0. The standard InChI is InChI=1S/C11H21N3O4S/c1-6(2)3-7(11(17)18)14-10(16)8(5-19)13-9(15)4-12/h6-8,19H,3-5,12H2,1-2H3,(H,13,15)(H,14,16)(H,17,18)/t7-,8-/m0/s1. The first kappa shape index (κ1) is 17.7. The molecule has 19 heavy (non-hydrogen) atoms. The second kappa shape index (κ2) is 8.76. The van der Waals surface area contributed by atoms with E-state index in [1.165, 1.54) is 0 Å². The van der Waals surface area contributed by atoms with Crippen LogP contribution in [0.4, 0.5) is 0 Å². The minimum atomic E-state index is -1.11. The first-order valence-electron chi connectivity index (χ1n) is 5.95. The number of nitrogens with one attached hydrogen (secondary N) is 2. The third-order valence-electron chi connectivity index (χ3n) is 2.34. The number of thiol groups is 1. The number of hydrogen-bond donors (Lipinski definition) is 5. The van der Waals surface area contributed by atoms with Crippen LogP contribution in [0.15, 0.2) is 0 Å². The van der Waals surface area contributed by atoms with Gasteiger partial charge in [0, 0.05) is 5.75 Å². The van der Waals surface area contributed by atoms with Crippen molar-refractivity contribution in [3.63, 3.8) is 0 Å². The predicted molar refractivity (Wildman–Crippen MR) is 73.9 cm³/mol. The largest absolute Gasteiger partial charge is 0.480 e. The molecule has 8 heteroatoms. The molecule has 0 aromatic rings. The van der Waals surface area contributed by atoms with Gasteiger partial charge in [-0.2, -0.15) is 12.6 Å². The van der Waals surface area contributed by atoms with Crippen LogP contribution in [-0.2, 0) is 14.4 Å². The second-order valence-electron chi connectivity index (χ2n) is 4.54. The van der Waals surface area contributed by atoms with Crippen molar-refractivity contribution in [1.82, 2.24) is 10.6 Å². The molecule has 0 saturated heterocycles. The average molecular weight is 291 g/mol. The lowest BCUT2D eigenvalue weighted by atomic mass is 10.0. The lowest BCUT2D eigenvalue weighted by Gasteiger charge is -2.21. The fraction of sp³-hybridized carbons (Fsp3) is 0.727. The minimum Gasteiger partial charge on any atom is -0.480 e. The van der Waals surface area contributed by atoms with Gasteiger partial charge in [-0.1, -0.05) is 13.8 Å². The maximum absolute atomic E-state index is 11.8. The molecular weight excluding hydrogens is 270 g/mol. The van der Waals surface area contributed by atoms with Crippen molar-refractivity contribution in [2.45, 2.75) is 32.4 Å². The van der Waals surface area contributed by atoms with E-state index in [9.17, 15) is 14.4 Å². The van der Waals surface area contributed by atoms with Gasteiger partial charge in [-0.25, -0.2) is 4.79 Å². The van der Waals surface area contributed by atoms with Gasteiger partial charge >= 0.3 is 5.97 Å². The van der Waals surface area contributed by atoms with Gasteiger partial charge in [0.15, 0.2) is 0 Å². The second-order valence-corrected chi connectivity index (χ2v) is 4.90. The molecule has 0 heterocycles. The van der Waals surface area contributed by atoms with Crippen molar-refractivity contribution in [3.05, 3.63) is 0 Å². The number of nitrogens with two attached hydrogens (primary N) is 1. The summed E-state index contributed by atoms with van der Waals surface area (Å²) in [5.41, 5.74) is 5.13. The number of hydrogen-bond acceptors (Lipinski definition) is 5. The molecule has 2 atom stereocenters. The Bertz CT molecular complexity index is 336. The first-order valence-corrected chi connectivity index (χ1v) is 6.58. The molecule has 0 radical (unpaired) electrons. The summed E-state index contributed by atoms with van der Waals surface area (Å²) in [6.07, 6.45) is 0.311. The van der Waals surface area contributed by atoms with Crippen LogP contribution in [0.2, 0.25) is 0 Å². The zero-order valence-electron chi connectivity index (χ0n) is 11.0. The summed E-state index contributed by atoms with van der Waals surface area (Å²) in [5.74, 6) is -2.00. The molecule has 0 aliphatic heterocycles. The average Bonchev–Trinajstić information content (AvgIpc) is 2.33. The zero-order chi connectivity index (χ0) is 15.0. The van der Waals surface area contributed by atoms with Gasteiger partial charge in [-0.05, 0) is 12.3 Å². The maximum atomic E-state index is 11.8. The van der Waals surface area contributed by atoms with Crippen molar-refractivity contribution in [3.8, 4) is 0 Å². The van der Waals surface area contributed by atoms with E-state index in [1.807, 2.05) is 13.8 Å². The molecule has 0 aromatic heterocycles. The Labute approximate surface area is 117 Å². The van der Waals surface area contributed by atoms with Crippen molar-refractivity contribution < 1.29 is 19.5 Å². The lowest BCUT2D eigenvalue weighted by molar-refractivity contribution is -0.142. The predicted octanol–water partition coefficient (Wildman–Crippen LogP) is -1.02. The highest BCUT2D eigenvalue weighted by atomic mass is 32.1. The number of aliphatic carboxylic acids is 1. The molecule has 0 unspecified atom stereocenters. The van der Waals surface area contributed by atoms with Crippen LogP contribution in [-0.4, -0.2) is 47.3 Å². The van der Waals surface area contributed by atoms with E-state index < -0.39 is 29.9 Å². The third-order valence-corrected chi connectivity index (χ3v) is 2.71. The summed E-state index contributed by atoms with van der Waals surface area (Å²) < 4.78 is 0. The van der Waals surface area contributed by atoms with Crippen LogP contribution in [0.3, 0.4) is 0 Å².